The molecule has 1 nitrogen and oxygen atoms in total. The van der Waals surface area contributed by atoms with Gasteiger partial charge in [-0.3, -0.25) is 4.90 Å². The first-order valence-corrected chi connectivity index (χ1v) is 10.2. The molecule has 2 aromatic carbocycles. The van der Waals surface area contributed by atoms with Crippen molar-refractivity contribution in [2.45, 2.75) is 52.1 Å². The summed E-state index contributed by atoms with van der Waals surface area (Å²) < 4.78 is 0. The van der Waals surface area contributed by atoms with Crippen LogP contribution in [0.25, 0.3) is 0 Å². The molecule has 1 heteroatoms. The average Bonchev–Trinajstić information content (AvgIpc) is 2.70. The largest absolute Gasteiger partial charge is 0.281 e. The van der Waals surface area contributed by atoms with Crippen LogP contribution >= 0.6 is 0 Å². The SMILES string of the molecule is CC1(C)CCCC=C1C#C[C@@H](c1ccccc1)N1CCc2ccccc2C1. The zero-order chi connectivity index (χ0) is 18.7. The zero-order valence-electron chi connectivity index (χ0n) is 16.5. The minimum Gasteiger partial charge on any atom is -0.281 e. The van der Waals surface area contributed by atoms with Gasteiger partial charge in [0, 0.05) is 18.7 Å². The Bertz CT molecular complexity index is 879. The number of rotatable bonds is 2. The molecule has 2 aromatic rings. The molecule has 0 unspecified atom stereocenters. The lowest BCUT2D eigenvalue weighted by Gasteiger charge is -2.33. The molecule has 138 valence electrons. The van der Waals surface area contributed by atoms with E-state index in [9.17, 15) is 0 Å². The van der Waals surface area contributed by atoms with Gasteiger partial charge in [-0.25, -0.2) is 0 Å². The molecule has 0 spiro atoms. The molecule has 0 amide bonds. The monoisotopic (exact) mass is 355 g/mol. The molecule has 0 N–H and O–H groups in total. The van der Waals surface area contributed by atoms with Crippen LogP contribution in [0, 0.1) is 17.3 Å². The van der Waals surface area contributed by atoms with Crippen LogP contribution in [0.4, 0.5) is 0 Å². The van der Waals surface area contributed by atoms with Gasteiger partial charge in [-0.2, -0.15) is 0 Å². The van der Waals surface area contributed by atoms with E-state index in [0.29, 0.717) is 0 Å². The van der Waals surface area contributed by atoms with E-state index >= 15 is 0 Å². The molecule has 0 bridgehead atoms. The molecule has 1 atom stereocenters. The summed E-state index contributed by atoms with van der Waals surface area (Å²) in [5.41, 5.74) is 5.78. The smallest absolute Gasteiger partial charge is 0.0977 e. The van der Waals surface area contributed by atoms with Crippen molar-refractivity contribution in [3.8, 4) is 11.8 Å². The Kier molecular flexibility index (Phi) is 5.19. The van der Waals surface area contributed by atoms with Crippen molar-refractivity contribution in [2.75, 3.05) is 6.54 Å². The second-order valence-electron chi connectivity index (χ2n) is 8.47. The Hall–Kier alpha value is -2.30. The highest BCUT2D eigenvalue weighted by molar-refractivity contribution is 5.39. The van der Waals surface area contributed by atoms with Crippen molar-refractivity contribution in [2.24, 2.45) is 5.41 Å². The molecule has 4 rings (SSSR count). The first-order chi connectivity index (χ1) is 13.1. The van der Waals surface area contributed by atoms with Gasteiger partial charge in [-0.15, -0.1) is 0 Å². The quantitative estimate of drug-likeness (QED) is 0.604. The van der Waals surface area contributed by atoms with Crippen LogP contribution in [0.1, 0.15) is 55.8 Å². The van der Waals surface area contributed by atoms with Crippen molar-refractivity contribution < 1.29 is 0 Å². The van der Waals surface area contributed by atoms with E-state index in [1.165, 1.54) is 41.5 Å². The molecule has 0 fully saturated rings. The van der Waals surface area contributed by atoms with E-state index < -0.39 is 0 Å². The van der Waals surface area contributed by atoms with E-state index in [1.54, 1.807) is 0 Å². The van der Waals surface area contributed by atoms with Crippen LogP contribution in [-0.2, 0) is 13.0 Å². The van der Waals surface area contributed by atoms with Gasteiger partial charge in [0.05, 0.1) is 6.04 Å². The van der Waals surface area contributed by atoms with Crippen LogP contribution in [-0.4, -0.2) is 11.4 Å². The van der Waals surface area contributed by atoms with Gasteiger partial charge in [0.2, 0.25) is 0 Å². The Morgan fingerprint density at radius 1 is 0.963 bits per heavy atom. The van der Waals surface area contributed by atoms with Gasteiger partial charge < -0.3 is 0 Å². The fraction of sp³-hybridized carbons (Fsp3) is 0.385. The highest BCUT2D eigenvalue weighted by Crippen LogP contribution is 2.36. The fourth-order valence-electron chi connectivity index (χ4n) is 4.33. The van der Waals surface area contributed by atoms with Crippen LogP contribution in [0.3, 0.4) is 0 Å². The van der Waals surface area contributed by atoms with Gasteiger partial charge in [0.25, 0.3) is 0 Å². The third-order valence-corrected chi connectivity index (χ3v) is 6.07. The van der Waals surface area contributed by atoms with E-state index in [4.69, 9.17) is 0 Å². The fourth-order valence-corrected chi connectivity index (χ4v) is 4.33. The minimum absolute atomic E-state index is 0.151. The normalized spacial score (nSPS) is 20.0. The summed E-state index contributed by atoms with van der Waals surface area (Å²) in [6.07, 6.45) is 7.16. The molecular weight excluding hydrogens is 326 g/mol. The van der Waals surface area contributed by atoms with Crippen molar-refractivity contribution in [1.29, 1.82) is 0 Å². The molecular formula is C26H29N. The first-order valence-electron chi connectivity index (χ1n) is 10.2. The van der Waals surface area contributed by atoms with Crippen molar-refractivity contribution in [3.05, 3.63) is 82.9 Å². The molecule has 0 aromatic heterocycles. The average molecular weight is 356 g/mol. The zero-order valence-corrected chi connectivity index (χ0v) is 16.5. The lowest BCUT2D eigenvalue weighted by Crippen LogP contribution is -2.33. The second-order valence-corrected chi connectivity index (χ2v) is 8.47. The summed E-state index contributed by atoms with van der Waals surface area (Å²) in [7, 11) is 0. The maximum Gasteiger partial charge on any atom is 0.0977 e. The number of benzene rings is 2. The highest BCUT2D eigenvalue weighted by atomic mass is 15.2. The van der Waals surface area contributed by atoms with E-state index in [-0.39, 0.29) is 11.5 Å². The molecule has 2 aliphatic rings. The molecule has 0 saturated carbocycles. The van der Waals surface area contributed by atoms with Crippen molar-refractivity contribution in [3.63, 3.8) is 0 Å². The molecule has 0 saturated heterocycles. The number of hydrogen-bond acceptors (Lipinski definition) is 1. The summed E-state index contributed by atoms with van der Waals surface area (Å²) in [4.78, 5) is 2.54. The van der Waals surface area contributed by atoms with E-state index in [2.05, 4.69) is 91.3 Å². The Morgan fingerprint density at radius 3 is 2.48 bits per heavy atom. The van der Waals surface area contributed by atoms with E-state index in [1.807, 2.05) is 0 Å². The predicted molar refractivity (Wildman–Crippen MR) is 113 cm³/mol. The highest BCUT2D eigenvalue weighted by Gasteiger charge is 2.26. The van der Waals surface area contributed by atoms with Gasteiger partial charge in [0.15, 0.2) is 0 Å². The molecule has 1 aliphatic carbocycles. The summed E-state index contributed by atoms with van der Waals surface area (Å²) in [6, 6.07) is 19.8. The van der Waals surface area contributed by atoms with Gasteiger partial charge in [-0.1, -0.05) is 86.4 Å². The summed E-state index contributed by atoms with van der Waals surface area (Å²) in [6.45, 7) is 6.71. The Morgan fingerprint density at radius 2 is 1.70 bits per heavy atom. The first kappa shape index (κ1) is 18.1. The van der Waals surface area contributed by atoms with Gasteiger partial charge in [-0.05, 0) is 47.8 Å². The topological polar surface area (TPSA) is 3.24 Å². The molecule has 27 heavy (non-hydrogen) atoms. The summed E-state index contributed by atoms with van der Waals surface area (Å²) in [5.74, 6) is 7.27. The van der Waals surface area contributed by atoms with Crippen LogP contribution < -0.4 is 0 Å². The molecule has 1 aliphatic heterocycles. The minimum atomic E-state index is 0.151. The molecule has 1 heterocycles. The number of nitrogens with zero attached hydrogens (tertiary/aromatic N) is 1. The third-order valence-electron chi connectivity index (χ3n) is 6.07. The summed E-state index contributed by atoms with van der Waals surface area (Å²) >= 11 is 0. The lowest BCUT2D eigenvalue weighted by molar-refractivity contribution is 0.218. The third kappa shape index (κ3) is 4.02. The number of fused-ring (bicyclic) bond motifs is 1. The van der Waals surface area contributed by atoms with Crippen LogP contribution in [0.5, 0.6) is 0 Å². The van der Waals surface area contributed by atoms with Crippen molar-refractivity contribution in [1.82, 2.24) is 4.90 Å². The lowest BCUT2D eigenvalue weighted by atomic mass is 9.76. The maximum absolute atomic E-state index is 3.67. The van der Waals surface area contributed by atoms with Gasteiger partial charge >= 0.3 is 0 Å². The van der Waals surface area contributed by atoms with Crippen LogP contribution in [0.15, 0.2) is 66.2 Å². The van der Waals surface area contributed by atoms with Crippen molar-refractivity contribution >= 4 is 0 Å². The maximum atomic E-state index is 3.67. The predicted octanol–water partition coefficient (Wildman–Crippen LogP) is 5.93. The van der Waals surface area contributed by atoms with E-state index in [0.717, 1.165) is 19.5 Å². The number of allylic oxidation sites excluding steroid dienone is 2. The standard InChI is InChI=1S/C26H29N/c1-26(2)18-9-8-14-24(26)15-16-25(22-11-4-3-5-12-22)27-19-17-21-10-6-7-13-23(21)20-27/h3-7,10-14,25H,8-9,17-20H2,1-2H3/t25-/m0/s1. The second kappa shape index (κ2) is 7.75. The summed E-state index contributed by atoms with van der Waals surface area (Å²) in [5, 5.41) is 0. The number of hydrogen-bond donors (Lipinski definition) is 0. The van der Waals surface area contributed by atoms with Gasteiger partial charge in [0.1, 0.15) is 0 Å². The Balaban J connectivity index is 1.66. The molecule has 0 radical (unpaired) electrons. The Labute approximate surface area is 164 Å². The van der Waals surface area contributed by atoms with Crippen LogP contribution in [0.2, 0.25) is 0 Å².